The quantitative estimate of drug-likeness (QED) is 0.762. The molecule has 0 spiro atoms. The van der Waals surface area contributed by atoms with E-state index in [0.717, 1.165) is 13.0 Å². The predicted octanol–water partition coefficient (Wildman–Crippen LogP) is -0.0878. The van der Waals surface area contributed by atoms with Crippen LogP contribution < -0.4 is 10.6 Å². The van der Waals surface area contributed by atoms with Crippen LogP contribution in [0, 0.1) is 0 Å². The van der Waals surface area contributed by atoms with Crippen molar-refractivity contribution in [3.8, 4) is 0 Å². The summed E-state index contributed by atoms with van der Waals surface area (Å²) in [6, 6.07) is -0.337. The Bertz CT molecular complexity index is 354. The lowest BCUT2D eigenvalue weighted by Crippen LogP contribution is -2.57. The average Bonchev–Trinajstić information content (AvgIpc) is 2.75. The molecule has 2 rings (SSSR count). The molecule has 2 fully saturated rings. The molecule has 2 amide bonds. The van der Waals surface area contributed by atoms with Gasteiger partial charge in [0.2, 0.25) is 11.8 Å². The Morgan fingerprint density at radius 1 is 1.60 bits per heavy atom. The van der Waals surface area contributed by atoms with Gasteiger partial charge in [-0.25, -0.2) is 0 Å². The Kier molecular flexibility index (Phi) is 6.71. The molecule has 0 aliphatic carbocycles. The largest absolute Gasteiger partial charge is 0.375 e. The molecule has 6 nitrogen and oxygen atoms in total. The fourth-order valence-corrected chi connectivity index (χ4v) is 2.63. The molecule has 20 heavy (non-hydrogen) atoms. The van der Waals surface area contributed by atoms with Crippen molar-refractivity contribution in [2.75, 3.05) is 26.2 Å². The number of ether oxygens (including phenoxy) is 1. The Balaban J connectivity index is 0.00000200. The van der Waals surface area contributed by atoms with Crippen molar-refractivity contribution in [2.45, 2.75) is 44.9 Å². The van der Waals surface area contributed by atoms with Gasteiger partial charge in [-0.2, -0.15) is 0 Å². The van der Waals surface area contributed by atoms with E-state index in [1.807, 2.05) is 18.7 Å². The van der Waals surface area contributed by atoms with E-state index in [1.54, 1.807) is 0 Å². The van der Waals surface area contributed by atoms with Crippen molar-refractivity contribution in [1.82, 2.24) is 15.5 Å². The highest BCUT2D eigenvalue weighted by Crippen LogP contribution is 2.10. The minimum atomic E-state index is -0.300. The Labute approximate surface area is 126 Å². The summed E-state index contributed by atoms with van der Waals surface area (Å²) in [7, 11) is 0. The number of rotatable bonds is 4. The molecule has 3 atom stereocenters. The lowest BCUT2D eigenvalue weighted by atomic mass is 10.1. The van der Waals surface area contributed by atoms with E-state index in [1.165, 1.54) is 0 Å². The number of amides is 2. The Morgan fingerprint density at radius 3 is 2.95 bits per heavy atom. The first kappa shape index (κ1) is 17.2. The van der Waals surface area contributed by atoms with Crippen LogP contribution in [0.15, 0.2) is 0 Å². The van der Waals surface area contributed by atoms with Gasteiger partial charge < -0.3 is 20.3 Å². The van der Waals surface area contributed by atoms with Crippen molar-refractivity contribution < 1.29 is 14.3 Å². The third-order valence-electron chi connectivity index (χ3n) is 3.65. The number of nitrogens with one attached hydrogen (secondary N) is 2. The first-order chi connectivity index (χ1) is 9.08. The highest BCUT2D eigenvalue weighted by atomic mass is 35.5. The zero-order chi connectivity index (χ0) is 13.8. The van der Waals surface area contributed by atoms with Crippen molar-refractivity contribution >= 4 is 24.2 Å². The molecule has 0 bridgehead atoms. The second-order valence-corrected chi connectivity index (χ2v) is 5.36. The number of likely N-dealkylation sites (tertiary alicyclic amines) is 1. The number of hydrogen-bond donors (Lipinski definition) is 2. The smallest absolute Gasteiger partial charge is 0.240 e. The van der Waals surface area contributed by atoms with E-state index < -0.39 is 0 Å². The van der Waals surface area contributed by atoms with Crippen molar-refractivity contribution in [3.63, 3.8) is 0 Å². The molecule has 2 aliphatic rings. The van der Waals surface area contributed by atoms with E-state index in [2.05, 4.69) is 10.6 Å². The molecule has 0 aromatic rings. The Hall–Kier alpha value is -0.850. The van der Waals surface area contributed by atoms with Crippen LogP contribution in [0.1, 0.15) is 26.7 Å². The highest BCUT2D eigenvalue weighted by molar-refractivity contribution is 5.85. The van der Waals surface area contributed by atoms with Gasteiger partial charge in [-0.3, -0.25) is 9.59 Å². The van der Waals surface area contributed by atoms with Gasteiger partial charge in [0.15, 0.2) is 0 Å². The summed E-state index contributed by atoms with van der Waals surface area (Å²) in [6.45, 7) is 6.56. The number of carbonyl (C=O) groups excluding carboxylic acids is 2. The second-order valence-electron chi connectivity index (χ2n) is 5.36. The molecule has 116 valence electrons. The lowest BCUT2D eigenvalue weighted by Gasteiger charge is -2.31. The van der Waals surface area contributed by atoms with Crippen molar-refractivity contribution in [1.29, 1.82) is 0 Å². The predicted molar refractivity (Wildman–Crippen MR) is 77.9 cm³/mol. The summed E-state index contributed by atoms with van der Waals surface area (Å²) in [5.74, 6) is 0.139. The summed E-state index contributed by atoms with van der Waals surface area (Å²) >= 11 is 0. The zero-order valence-corrected chi connectivity index (χ0v) is 12.9. The molecule has 2 aliphatic heterocycles. The maximum Gasteiger partial charge on any atom is 0.240 e. The summed E-state index contributed by atoms with van der Waals surface area (Å²) in [5.41, 5.74) is 0. The lowest BCUT2D eigenvalue weighted by molar-refractivity contribution is -0.131. The molecule has 2 saturated heterocycles. The molecule has 2 heterocycles. The minimum Gasteiger partial charge on any atom is -0.375 e. The van der Waals surface area contributed by atoms with Crippen LogP contribution in [0.25, 0.3) is 0 Å². The van der Waals surface area contributed by atoms with E-state index in [-0.39, 0.29) is 42.4 Å². The van der Waals surface area contributed by atoms with E-state index in [9.17, 15) is 9.59 Å². The first-order valence-corrected chi connectivity index (χ1v) is 7.01. The van der Waals surface area contributed by atoms with Crippen molar-refractivity contribution in [2.24, 2.45) is 0 Å². The average molecular weight is 306 g/mol. The topological polar surface area (TPSA) is 70.7 Å². The van der Waals surface area contributed by atoms with Gasteiger partial charge in [-0.1, -0.05) is 0 Å². The Morgan fingerprint density at radius 2 is 2.35 bits per heavy atom. The standard InChI is InChI=1S/C13H23N3O3.ClH/c1-9(8-16-6-3-4-11(16)17)15-13(18)12-10(2)19-7-5-14-12;/h9-10,12,14H,3-8H2,1-2H3,(H,15,18);1H/t9?,10-,12+;/m1./s1. The van der Waals surface area contributed by atoms with E-state index >= 15 is 0 Å². The van der Waals surface area contributed by atoms with E-state index in [4.69, 9.17) is 4.74 Å². The first-order valence-electron chi connectivity index (χ1n) is 7.01. The molecule has 7 heteroatoms. The highest BCUT2D eigenvalue weighted by Gasteiger charge is 2.30. The second kappa shape index (κ2) is 7.81. The minimum absolute atomic E-state index is 0. The fourth-order valence-electron chi connectivity index (χ4n) is 2.63. The number of hydrogen-bond acceptors (Lipinski definition) is 4. The molecule has 0 saturated carbocycles. The van der Waals surface area contributed by atoms with Crippen LogP contribution in [0.2, 0.25) is 0 Å². The van der Waals surface area contributed by atoms with Gasteiger partial charge in [-0.05, 0) is 20.3 Å². The van der Waals surface area contributed by atoms with Gasteiger partial charge in [0.25, 0.3) is 0 Å². The maximum absolute atomic E-state index is 12.1. The summed E-state index contributed by atoms with van der Waals surface area (Å²) in [5, 5.41) is 6.11. The number of carbonyl (C=O) groups is 2. The summed E-state index contributed by atoms with van der Waals surface area (Å²) in [4.78, 5) is 25.5. The summed E-state index contributed by atoms with van der Waals surface area (Å²) < 4.78 is 5.46. The van der Waals surface area contributed by atoms with E-state index in [0.29, 0.717) is 26.1 Å². The molecular weight excluding hydrogens is 282 g/mol. The van der Waals surface area contributed by atoms with Gasteiger partial charge in [0.05, 0.1) is 12.7 Å². The molecular formula is C13H24ClN3O3. The maximum atomic E-state index is 12.1. The molecule has 0 radical (unpaired) electrons. The van der Waals surface area contributed by atoms with Crippen molar-refractivity contribution in [3.05, 3.63) is 0 Å². The van der Waals surface area contributed by atoms with Crippen LogP contribution in [-0.2, 0) is 14.3 Å². The van der Waals surface area contributed by atoms with Gasteiger partial charge in [0, 0.05) is 32.1 Å². The monoisotopic (exact) mass is 305 g/mol. The van der Waals surface area contributed by atoms with Crippen LogP contribution >= 0.6 is 12.4 Å². The van der Waals surface area contributed by atoms with Gasteiger partial charge in [-0.15, -0.1) is 12.4 Å². The zero-order valence-electron chi connectivity index (χ0n) is 12.1. The SMILES string of the molecule is CC(CN1CCCC1=O)NC(=O)[C@H]1NCCO[C@@H]1C.Cl. The normalized spacial score (nSPS) is 27.9. The number of morpholine rings is 1. The van der Waals surface area contributed by atoms with Crippen LogP contribution in [0.5, 0.6) is 0 Å². The molecule has 1 unspecified atom stereocenters. The van der Waals surface area contributed by atoms with Crippen LogP contribution in [0.4, 0.5) is 0 Å². The summed E-state index contributed by atoms with van der Waals surface area (Å²) in [6.07, 6.45) is 1.44. The molecule has 0 aromatic heterocycles. The third-order valence-corrected chi connectivity index (χ3v) is 3.65. The van der Waals surface area contributed by atoms with Gasteiger partial charge in [0.1, 0.15) is 6.04 Å². The van der Waals surface area contributed by atoms with Gasteiger partial charge >= 0.3 is 0 Å². The molecule has 2 N–H and O–H groups in total. The molecule has 0 aromatic carbocycles. The number of halogens is 1. The van der Waals surface area contributed by atoms with Crippen LogP contribution in [0.3, 0.4) is 0 Å². The van der Waals surface area contributed by atoms with Crippen LogP contribution in [-0.4, -0.2) is 61.1 Å². The third kappa shape index (κ3) is 4.33. The number of nitrogens with zero attached hydrogens (tertiary/aromatic N) is 1. The fraction of sp³-hybridized carbons (Fsp3) is 0.846.